The quantitative estimate of drug-likeness (QED) is 0.641. The number of dihydropyridines is 1. The van der Waals surface area contributed by atoms with E-state index in [0.717, 1.165) is 22.5 Å². The molecular weight excluding hydrogens is 424 g/mol. The second-order valence-electron chi connectivity index (χ2n) is 8.02. The largest absolute Gasteiger partial charge is 0.493 e. The van der Waals surface area contributed by atoms with Crippen LogP contribution in [0.2, 0.25) is 5.02 Å². The summed E-state index contributed by atoms with van der Waals surface area (Å²) in [4.78, 5) is 13.4. The fraction of sp³-hybridized carbons (Fsp3) is 0.308. The number of nitrogens with zero attached hydrogens (tertiary/aromatic N) is 1. The first kappa shape index (κ1) is 22.0. The molecule has 2 atom stereocenters. The van der Waals surface area contributed by atoms with Gasteiger partial charge in [0.1, 0.15) is 0 Å². The van der Waals surface area contributed by atoms with E-state index in [1.54, 1.807) is 7.11 Å². The van der Waals surface area contributed by atoms with Gasteiger partial charge in [0.2, 0.25) is 0 Å². The van der Waals surface area contributed by atoms with Gasteiger partial charge in [-0.05, 0) is 61.6 Å². The van der Waals surface area contributed by atoms with Crippen LogP contribution in [0.25, 0.3) is 0 Å². The van der Waals surface area contributed by atoms with Crippen molar-refractivity contribution in [1.29, 1.82) is 5.26 Å². The molecule has 0 amide bonds. The molecule has 2 aromatic carbocycles. The van der Waals surface area contributed by atoms with E-state index in [2.05, 4.69) is 11.4 Å². The van der Waals surface area contributed by atoms with E-state index in [9.17, 15) is 10.1 Å². The fourth-order valence-corrected chi connectivity index (χ4v) is 4.76. The van der Waals surface area contributed by atoms with E-state index >= 15 is 0 Å². The third-order valence-corrected chi connectivity index (χ3v) is 6.36. The average Bonchev–Trinajstić information content (AvgIpc) is 2.79. The number of ketones is 1. The third-order valence-electron chi connectivity index (χ3n) is 6.11. The number of ether oxygens (including phenoxy) is 2. The predicted molar refractivity (Wildman–Crippen MR) is 124 cm³/mol. The van der Waals surface area contributed by atoms with E-state index in [1.165, 1.54) is 0 Å². The van der Waals surface area contributed by atoms with Gasteiger partial charge < -0.3 is 14.8 Å². The summed E-state index contributed by atoms with van der Waals surface area (Å²) in [5.41, 5.74) is 4.80. The van der Waals surface area contributed by atoms with E-state index < -0.39 is 5.92 Å². The Morgan fingerprint density at radius 3 is 2.50 bits per heavy atom. The first-order valence-electron chi connectivity index (χ1n) is 10.7. The number of carbonyl (C=O) groups is 1. The summed E-state index contributed by atoms with van der Waals surface area (Å²) >= 11 is 6.04. The number of methoxy groups -OCH3 is 1. The van der Waals surface area contributed by atoms with Crippen LogP contribution in [0.1, 0.15) is 49.7 Å². The van der Waals surface area contributed by atoms with Crippen LogP contribution in [0, 0.1) is 11.3 Å². The molecule has 6 heteroatoms. The standard InChI is InChI=1S/C26H25ClN2O3/c1-4-32-23-10-7-17(13-24(23)31-3)25-20(14-28)15(2)29-21-11-18(12-22(30)26(21)25)16-5-8-19(27)9-6-16/h5-10,13,18,25,29H,4,11-12H2,1-3H3/t18-,25-/m0/s1. The van der Waals surface area contributed by atoms with Crippen molar-refractivity contribution >= 4 is 17.4 Å². The molecule has 2 aromatic rings. The minimum absolute atomic E-state index is 0.0526. The molecule has 0 radical (unpaired) electrons. The maximum absolute atomic E-state index is 13.4. The summed E-state index contributed by atoms with van der Waals surface area (Å²) in [5, 5.41) is 14.0. The molecule has 164 valence electrons. The summed E-state index contributed by atoms with van der Waals surface area (Å²) in [6.07, 6.45) is 1.09. The van der Waals surface area contributed by atoms with Crippen molar-refractivity contribution in [2.75, 3.05) is 13.7 Å². The summed E-state index contributed by atoms with van der Waals surface area (Å²) in [6, 6.07) is 15.6. The number of benzene rings is 2. The van der Waals surface area contributed by atoms with Crippen molar-refractivity contribution in [2.45, 2.75) is 38.5 Å². The highest BCUT2D eigenvalue weighted by Crippen LogP contribution is 2.46. The summed E-state index contributed by atoms with van der Waals surface area (Å²) in [7, 11) is 1.59. The van der Waals surface area contributed by atoms with Gasteiger partial charge in [-0.2, -0.15) is 5.26 Å². The van der Waals surface area contributed by atoms with Gasteiger partial charge >= 0.3 is 0 Å². The van der Waals surface area contributed by atoms with Crippen molar-refractivity contribution in [3.63, 3.8) is 0 Å². The predicted octanol–water partition coefficient (Wildman–Crippen LogP) is 5.63. The zero-order valence-electron chi connectivity index (χ0n) is 18.4. The molecule has 0 saturated carbocycles. The molecule has 0 unspecified atom stereocenters. The van der Waals surface area contributed by atoms with E-state index in [4.69, 9.17) is 21.1 Å². The summed E-state index contributed by atoms with van der Waals surface area (Å²) < 4.78 is 11.2. The molecule has 32 heavy (non-hydrogen) atoms. The van der Waals surface area contributed by atoms with Crippen molar-refractivity contribution < 1.29 is 14.3 Å². The van der Waals surface area contributed by atoms with Crippen LogP contribution in [-0.4, -0.2) is 19.5 Å². The molecular formula is C26H25ClN2O3. The Bertz CT molecular complexity index is 1160. The van der Waals surface area contributed by atoms with Gasteiger partial charge in [0.25, 0.3) is 0 Å². The maximum atomic E-state index is 13.4. The number of allylic oxidation sites excluding steroid dienone is 4. The number of rotatable bonds is 5. The van der Waals surface area contributed by atoms with Gasteiger partial charge in [-0.25, -0.2) is 0 Å². The lowest BCUT2D eigenvalue weighted by Gasteiger charge is -2.35. The molecule has 0 fully saturated rings. The van der Waals surface area contributed by atoms with Crippen LogP contribution in [0.15, 0.2) is 65.0 Å². The Morgan fingerprint density at radius 2 is 1.84 bits per heavy atom. The minimum Gasteiger partial charge on any atom is -0.493 e. The molecule has 2 aliphatic rings. The van der Waals surface area contributed by atoms with E-state index in [0.29, 0.717) is 47.1 Å². The molecule has 1 heterocycles. The first-order chi connectivity index (χ1) is 15.5. The zero-order valence-corrected chi connectivity index (χ0v) is 19.1. The topological polar surface area (TPSA) is 71.3 Å². The van der Waals surface area contributed by atoms with Crippen LogP contribution >= 0.6 is 11.6 Å². The molecule has 0 spiro atoms. The lowest BCUT2D eigenvalue weighted by molar-refractivity contribution is -0.116. The molecule has 0 bridgehead atoms. The number of nitrogens with one attached hydrogen (secondary N) is 1. The summed E-state index contributed by atoms with van der Waals surface area (Å²) in [6.45, 7) is 4.32. The minimum atomic E-state index is -0.431. The fourth-order valence-electron chi connectivity index (χ4n) is 4.63. The second kappa shape index (κ2) is 9.10. The van der Waals surface area contributed by atoms with Crippen LogP contribution in [0.4, 0.5) is 0 Å². The van der Waals surface area contributed by atoms with Gasteiger partial charge in [-0.15, -0.1) is 0 Å². The lowest BCUT2D eigenvalue weighted by Crippen LogP contribution is -2.33. The molecule has 0 saturated heterocycles. The SMILES string of the molecule is CCOc1ccc([C@H]2C(C#N)=C(C)NC3=C2C(=O)C[C@@H](c2ccc(Cl)cc2)C3)cc1OC. The number of carbonyl (C=O) groups excluding carboxylic acids is 1. The Morgan fingerprint density at radius 1 is 1.12 bits per heavy atom. The Kier molecular flexibility index (Phi) is 6.25. The van der Waals surface area contributed by atoms with E-state index in [1.807, 2.05) is 56.3 Å². The van der Waals surface area contributed by atoms with E-state index in [-0.39, 0.29) is 11.7 Å². The van der Waals surface area contributed by atoms with Gasteiger partial charge in [-0.3, -0.25) is 4.79 Å². The lowest BCUT2D eigenvalue weighted by atomic mass is 9.72. The number of Topliss-reactive ketones (excluding diaryl/α,β-unsaturated/α-hetero) is 1. The molecule has 1 aliphatic carbocycles. The number of nitriles is 1. The zero-order chi connectivity index (χ0) is 22.8. The van der Waals surface area contributed by atoms with Crippen LogP contribution in [0.5, 0.6) is 11.5 Å². The number of halogens is 1. The van der Waals surface area contributed by atoms with Crippen molar-refractivity contribution in [3.8, 4) is 17.6 Å². The van der Waals surface area contributed by atoms with Crippen molar-refractivity contribution in [1.82, 2.24) is 5.32 Å². The van der Waals surface area contributed by atoms with Crippen molar-refractivity contribution in [2.24, 2.45) is 0 Å². The molecule has 5 nitrogen and oxygen atoms in total. The second-order valence-corrected chi connectivity index (χ2v) is 8.46. The number of hydrogen-bond acceptors (Lipinski definition) is 5. The van der Waals surface area contributed by atoms with Crippen LogP contribution < -0.4 is 14.8 Å². The Balaban J connectivity index is 1.77. The number of hydrogen-bond donors (Lipinski definition) is 1. The first-order valence-corrected chi connectivity index (χ1v) is 11.0. The average molecular weight is 449 g/mol. The van der Waals surface area contributed by atoms with Crippen molar-refractivity contribution in [3.05, 3.63) is 81.2 Å². The molecule has 0 aromatic heterocycles. The summed E-state index contributed by atoms with van der Waals surface area (Å²) in [5.74, 6) is 0.912. The maximum Gasteiger partial charge on any atom is 0.162 e. The highest BCUT2D eigenvalue weighted by molar-refractivity contribution is 6.30. The Labute approximate surface area is 193 Å². The monoisotopic (exact) mass is 448 g/mol. The van der Waals surface area contributed by atoms with Gasteiger partial charge in [-0.1, -0.05) is 29.8 Å². The normalized spacial score (nSPS) is 20.4. The highest BCUT2D eigenvalue weighted by atomic mass is 35.5. The molecule has 1 aliphatic heterocycles. The smallest absolute Gasteiger partial charge is 0.162 e. The molecule has 4 rings (SSSR count). The van der Waals surface area contributed by atoms with Gasteiger partial charge in [0.05, 0.1) is 31.3 Å². The van der Waals surface area contributed by atoms with Gasteiger partial charge in [0.15, 0.2) is 17.3 Å². The highest BCUT2D eigenvalue weighted by Gasteiger charge is 2.39. The van der Waals surface area contributed by atoms with Crippen LogP contribution in [-0.2, 0) is 4.79 Å². The molecule has 1 N–H and O–H groups in total. The van der Waals surface area contributed by atoms with Gasteiger partial charge in [0, 0.05) is 28.4 Å². The Hall–Kier alpha value is -3.23. The van der Waals surface area contributed by atoms with Crippen LogP contribution in [0.3, 0.4) is 0 Å². The third kappa shape index (κ3) is 3.99.